The number of ether oxygens (including phenoxy) is 11. The molecule has 0 spiro atoms. The van der Waals surface area contributed by atoms with Gasteiger partial charge in [0, 0.05) is 82.6 Å². The monoisotopic (exact) mass is 1600 g/mol. The quantitative estimate of drug-likeness (QED) is 0.0103. The largest absolute Gasteiger partial charge is 0.463 e. The second kappa shape index (κ2) is 91.1. The molecule has 2 heterocycles. The maximum Gasteiger partial charge on any atom is 0.302 e. The smallest absolute Gasteiger partial charge is 0.302 e. The van der Waals surface area contributed by atoms with Gasteiger partial charge >= 0.3 is 5.97 Å². The fraction of sp³-hybridized carbons (Fsp3) is 0.650. The van der Waals surface area contributed by atoms with Crippen molar-refractivity contribution in [3.05, 3.63) is 83.2 Å². The Morgan fingerprint density at radius 1 is 0.541 bits per heavy atom. The van der Waals surface area contributed by atoms with Gasteiger partial charge < -0.3 is 116 Å². The lowest BCUT2D eigenvalue weighted by atomic mass is 10.2. The average molecular weight is 1600 g/mol. The maximum atomic E-state index is 10.4. The standard InChI is InChI=1S/C16H28NO3P.C15H27N2O3P.C13H14O3.C10H12O3.C8H12O3.C6H10O3.C6H10O2.4CH4O.2CH4/c1-8-10-12-19-21(17(14(3)4)15(5)6)20-13-16(7)18-11-9-2;1-8-10-18-15(6)12-20-21(19-11-9-16-7)17(13(2)3)14(4)5;1-2-8-14-12-9-15-13(16-10-12)11-6-4-3-5-7-11;11-9-6-12-10(13-7-9)8-4-2-1-3-5-8;1-4-5-10-7(2)6-11-8(3)9;1-2-3-9-6(4-7)5-8;1-3-4-8-6(2)5-7;4*1-2;;/h1-2,14-16H,10-13H2,3-7H3;1,13-15H,9-12H2,2-6H3;1,3-7,12-13H,8-10H2;1-5,9-11H,6-7H2;1,7H,5-6H2,2-3H3;1,6-8H,3-5H2;1,6-7H,4-5H2,2H3;4*2H,1H3;2*1H4/i7D;6D;;;2D;;2D;4*2T;;. The molecule has 2 aromatic rings. The molecule has 27 nitrogen and oxygen atoms in total. The van der Waals surface area contributed by atoms with Crippen molar-refractivity contribution in [1.29, 1.82) is 5.72 Å². The predicted octanol–water partition coefficient (Wildman–Crippen LogP) is 8.89. The van der Waals surface area contributed by atoms with Gasteiger partial charge in [-0.25, -0.2) is 15.9 Å². The lowest BCUT2D eigenvalue weighted by Crippen LogP contribution is -2.34. The van der Waals surface area contributed by atoms with Crippen LogP contribution in [0.3, 0.4) is 0 Å². The molecule has 2 aromatic carbocycles. The van der Waals surface area contributed by atoms with Crippen molar-refractivity contribution in [2.24, 2.45) is 0 Å². The molecule has 0 aromatic heterocycles. The number of terminal acetylenes is 7. The molecule has 109 heavy (non-hydrogen) atoms. The first-order valence-corrected chi connectivity index (χ1v) is 35.6. The molecule has 6 unspecified atom stereocenters. The zero-order valence-corrected chi connectivity index (χ0v) is 66.8. The third-order valence-electron chi connectivity index (χ3n) is 11.5. The molecule has 0 bridgehead atoms. The minimum Gasteiger partial charge on any atom is -0.463 e. The number of aliphatic hydroxyl groups excluding tert-OH is 8. The molecule has 2 fully saturated rings. The Morgan fingerprint density at radius 2 is 0.881 bits per heavy atom. The van der Waals surface area contributed by atoms with Gasteiger partial charge in [-0.05, 0) is 83.0 Å². The highest BCUT2D eigenvalue weighted by Gasteiger charge is 2.30. The van der Waals surface area contributed by atoms with Crippen LogP contribution in [0.25, 0.3) is 4.85 Å². The summed E-state index contributed by atoms with van der Waals surface area (Å²) < 4.78 is 136. The molecule has 8 N–H and O–H groups in total. The minimum absolute atomic E-state index is 0. The van der Waals surface area contributed by atoms with Gasteiger partial charge in [0.25, 0.3) is 17.1 Å². The van der Waals surface area contributed by atoms with Crippen molar-refractivity contribution in [2.45, 2.75) is 191 Å². The van der Waals surface area contributed by atoms with Crippen LogP contribution < -0.4 is 0 Å². The SMILES string of the molecule is C.C.C#CCOC(CO)CO.C#CCOC1COC(c2ccccc2)OC1.OC1COC(c2ccccc2)OC1.[2H]CC(CO)OCC#C.[2H]CC(COC(C)=O)OCC#C.[2H]CC(COP(OCCC#C)N(C(C)C)C(C)C)OCC#C.[2H]CC(COP(OCC[N+]#[C-])N(C(C)C)C(C)C)OCC#C.[3H]OC.[3H]OC.[3H]OC.[3H]OC. The van der Waals surface area contributed by atoms with Gasteiger partial charge in [-0.1, -0.05) is 111 Å². The topological polar surface area (TPSA) is 328 Å². The highest BCUT2D eigenvalue weighted by atomic mass is 31.2. The summed E-state index contributed by atoms with van der Waals surface area (Å²) in [7, 11) is 2.63. The fourth-order valence-electron chi connectivity index (χ4n) is 7.18. The van der Waals surface area contributed by atoms with Crippen LogP contribution in [0.2, 0.25) is 0 Å². The predicted molar refractivity (Wildman–Crippen MR) is 433 cm³/mol. The Labute approximate surface area is 671 Å². The molecule has 0 amide bonds. The van der Waals surface area contributed by atoms with Crippen molar-refractivity contribution in [1.82, 2.24) is 9.34 Å². The van der Waals surface area contributed by atoms with Gasteiger partial charge in [0.1, 0.15) is 71.2 Å². The van der Waals surface area contributed by atoms with Gasteiger partial charge in [0.05, 0.1) is 90.5 Å². The Morgan fingerprint density at radius 3 is 1.19 bits per heavy atom. The average Bonchev–Trinajstić information content (AvgIpc) is 0.884. The molecule has 0 aliphatic carbocycles. The normalized spacial score (nSPS) is 16.6. The number of nitrogens with zero attached hydrogens (tertiary/aromatic N) is 3. The molecule has 626 valence electrons. The van der Waals surface area contributed by atoms with E-state index in [2.05, 4.69) is 136 Å². The molecule has 2 saturated heterocycles. The third-order valence-corrected chi connectivity index (χ3v) is 15.6. The Hall–Kier alpha value is -5.78. The summed E-state index contributed by atoms with van der Waals surface area (Å²) in [6.07, 6.45) is 32.7. The second-order valence-corrected chi connectivity index (χ2v) is 24.3. The highest BCUT2D eigenvalue weighted by molar-refractivity contribution is 7.44. The van der Waals surface area contributed by atoms with Gasteiger partial charge in [0.2, 0.25) is 12.3 Å². The molecular weight excluding hydrogens is 1450 g/mol. The van der Waals surface area contributed by atoms with Gasteiger partial charge in [-0.15, -0.1) is 50.9 Å². The van der Waals surface area contributed by atoms with Crippen molar-refractivity contribution >= 4 is 23.0 Å². The number of hydrogen-bond donors (Lipinski definition) is 8. The highest BCUT2D eigenvalue weighted by Crippen LogP contribution is 2.47. The zero-order chi connectivity index (χ0) is 88.7. The molecule has 2 aliphatic heterocycles. The Balaban J connectivity index is -0.000000165. The summed E-state index contributed by atoms with van der Waals surface area (Å²) in [6, 6.07) is 20.6. The van der Waals surface area contributed by atoms with Crippen LogP contribution in [0.15, 0.2) is 60.7 Å². The second-order valence-electron chi connectivity index (χ2n) is 21.4. The van der Waals surface area contributed by atoms with E-state index in [4.69, 9.17) is 149 Å². The summed E-state index contributed by atoms with van der Waals surface area (Å²) in [5.41, 5.74) is 2.02. The van der Waals surface area contributed by atoms with E-state index in [9.17, 15) is 4.79 Å². The van der Waals surface area contributed by atoms with E-state index in [1.807, 2.05) is 60.7 Å². The number of carbonyl (C=O) groups excluding carboxylic acids is 1. The van der Waals surface area contributed by atoms with E-state index in [1.165, 1.54) is 35.4 Å². The molecule has 0 saturated carbocycles. The lowest BCUT2D eigenvalue weighted by Gasteiger charge is -2.36. The Kier molecular flexibility index (Phi) is 86.3. The number of benzene rings is 2. The third kappa shape index (κ3) is 74.7. The number of rotatable bonds is 37. The van der Waals surface area contributed by atoms with Crippen molar-refractivity contribution < 1.29 is 121 Å². The van der Waals surface area contributed by atoms with Crippen molar-refractivity contribution in [2.75, 3.05) is 154 Å². The van der Waals surface area contributed by atoms with E-state index in [1.54, 1.807) is 0 Å². The summed E-state index contributed by atoms with van der Waals surface area (Å²) in [6.45, 7) is 29.1. The van der Waals surface area contributed by atoms with E-state index in [0.29, 0.717) is 59.2 Å². The summed E-state index contributed by atoms with van der Waals surface area (Å²) in [5, 5.41) is 48.4. The molecule has 2 aliphatic rings. The first-order chi connectivity index (χ1) is 55.3. The number of carbonyl (C=O) groups is 1. The summed E-state index contributed by atoms with van der Waals surface area (Å²) in [5.74, 6) is 16.1. The van der Waals surface area contributed by atoms with E-state index in [0.717, 1.165) is 11.1 Å². The van der Waals surface area contributed by atoms with Gasteiger partial charge in [-0.3, -0.25) is 4.79 Å². The summed E-state index contributed by atoms with van der Waals surface area (Å²) >= 11 is 0. The molecule has 29 heteroatoms. The van der Waals surface area contributed by atoms with Crippen molar-refractivity contribution in [3.63, 3.8) is 0 Å². The number of hydrogen-bond acceptors (Lipinski definition) is 26. The molecule has 4 rings (SSSR count). The van der Waals surface area contributed by atoms with Crippen LogP contribution in [0.4, 0.5) is 0 Å². The number of aliphatic hydroxyl groups is 8. The van der Waals surface area contributed by atoms with Gasteiger partial charge in [-0.2, -0.15) is 0 Å². The Bertz CT molecular complexity index is 2660. The zero-order valence-electron chi connectivity index (χ0n) is 73.0. The van der Waals surface area contributed by atoms with Crippen LogP contribution in [-0.4, -0.2) is 283 Å². The first-order valence-electron chi connectivity index (χ1n) is 37.8. The molecule has 0 radical (unpaired) electrons. The van der Waals surface area contributed by atoms with Crippen LogP contribution in [0.5, 0.6) is 0 Å². The van der Waals surface area contributed by atoms with Gasteiger partial charge in [0.15, 0.2) is 12.6 Å². The fourth-order valence-corrected chi connectivity index (χ4v) is 10.4. The lowest BCUT2D eigenvalue weighted by molar-refractivity contribution is -0.228. The van der Waals surface area contributed by atoms with E-state index in [-0.39, 0.29) is 176 Å². The van der Waals surface area contributed by atoms with Crippen LogP contribution in [-0.2, 0) is 75.0 Å². The van der Waals surface area contributed by atoms with Crippen LogP contribution in [0, 0.1) is 93.0 Å². The maximum absolute atomic E-state index is 10.4. The van der Waals surface area contributed by atoms with Crippen LogP contribution >= 0.6 is 17.1 Å². The molecular formula is C80H137N3O24P2. The van der Waals surface area contributed by atoms with Crippen molar-refractivity contribution in [3.8, 4) is 86.4 Å². The molecule has 6 atom stereocenters. The number of esters is 1. The van der Waals surface area contributed by atoms with Crippen LogP contribution in [0.1, 0.15) is 140 Å². The minimum atomic E-state index is -1.29. The van der Waals surface area contributed by atoms with E-state index >= 15 is 0 Å². The first kappa shape index (κ1) is 103. The van der Waals surface area contributed by atoms with E-state index < -0.39 is 41.5 Å². The summed E-state index contributed by atoms with van der Waals surface area (Å²) in [4.78, 5) is 13.7.